The molecule has 0 bridgehead atoms. The molecular formula is C17H27ClN2O2. The highest BCUT2D eigenvalue weighted by atomic mass is 35.5. The van der Waals surface area contributed by atoms with Crippen molar-refractivity contribution < 1.29 is 9.53 Å². The van der Waals surface area contributed by atoms with E-state index in [1.807, 2.05) is 45.0 Å². The van der Waals surface area contributed by atoms with E-state index in [9.17, 15) is 4.79 Å². The number of amides is 1. The zero-order valence-corrected chi connectivity index (χ0v) is 14.7. The fraction of sp³-hybridized carbons (Fsp3) is 0.588. The minimum Gasteiger partial charge on any atom is -0.444 e. The third kappa shape index (κ3) is 7.66. The molecule has 1 rings (SSSR count). The number of ether oxygens (including phenoxy) is 1. The number of hydrogen-bond donors (Lipinski definition) is 2. The molecule has 22 heavy (non-hydrogen) atoms. The van der Waals surface area contributed by atoms with Crippen molar-refractivity contribution in [3.05, 3.63) is 34.9 Å². The fourth-order valence-corrected chi connectivity index (χ4v) is 2.22. The van der Waals surface area contributed by atoms with Gasteiger partial charge in [0.1, 0.15) is 5.60 Å². The van der Waals surface area contributed by atoms with Crippen LogP contribution in [0.2, 0.25) is 5.02 Å². The lowest BCUT2D eigenvalue weighted by atomic mass is 10.0. The van der Waals surface area contributed by atoms with Gasteiger partial charge in [0, 0.05) is 24.2 Å². The topological polar surface area (TPSA) is 50.4 Å². The van der Waals surface area contributed by atoms with E-state index < -0.39 is 5.60 Å². The van der Waals surface area contributed by atoms with Crippen molar-refractivity contribution in [2.75, 3.05) is 13.1 Å². The molecule has 0 saturated carbocycles. The molecule has 1 atom stereocenters. The van der Waals surface area contributed by atoms with E-state index in [2.05, 4.69) is 17.6 Å². The number of rotatable bonds is 7. The average molecular weight is 327 g/mol. The van der Waals surface area contributed by atoms with E-state index in [4.69, 9.17) is 16.3 Å². The van der Waals surface area contributed by atoms with Crippen LogP contribution in [-0.4, -0.2) is 24.8 Å². The SMILES string of the molecule is CCCC(NCCNC(=O)OC(C)(C)C)c1ccc(Cl)cc1. The highest BCUT2D eigenvalue weighted by Crippen LogP contribution is 2.20. The predicted molar refractivity (Wildman–Crippen MR) is 91.3 cm³/mol. The van der Waals surface area contributed by atoms with Gasteiger partial charge in [-0.3, -0.25) is 0 Å². The summed E-state index contributed by atoms with van der Waals surface area (Å²) in [4.78, 5) is 11.6. The Morgan fingerprint density at radius 1 is 1.23 bits per heavy atom. The van der Waals surface area contributed by atoms with Crippen molar-refractivity contribution in [3.63, 3.8) is 0 Å². The van der Waals surface area contributed by atoms with Gasteiger partial charge >= 0.3 is 6.09 Å². The average Bonchev–Trinajstić information content (AvgIpc) is 2.41. The Kier molecular flexibility index (Phi) is 7.69. The lowest BCUT2D eigenvalue weighted by Crippen LogP contribution is -2.37. The molecular weight excluding hydrogens is 300 g/mol. The Morgan fingerprint density at radius 2 is 1.86 bits per heavy atom. The molecule has 0 aliphatic heterocycles. The number of carbonyl (C=O) groups is 1. The molecule has 2 N–H and O–H groups in total. The second-order valence-corrected chi connectivity index (χ2v) is 6.71. The molecule has 0 aliphatic carbocycles. The molecule has 0 heterocycles. The monoisotopic (exact) mass is 326 g/mol. The highest BCUT2D eigenvalue weighted by molar-refractivity contribution is 6.30. The Labute approximate surface area is 138 Å². The van der Waals surface area contributed by atoms with E-state index in [1.54, 1.807) is 0 Å². The molecule has 1 aromatic rings. The maximum Gasteiger partial charge on any atom is 0.407 e. The van der Waals surface area contributed by atoms with Crippen LogP contribution in [0.3, 0.4) is 0 Å². The number of nitrogens with one attached hydrogen (secondary N) is 2. The van der Waals surface area contributed by atoms with Crippen molar-refractivity contribution in [2.24, 2.45) is 0 Å². The molecule has 4 nitrogen and oxygen atoms in total. The van der Waals surface area contributed by atoms with Crippen molar-refractivity contribution in [3.8, 4) is 0 Å². The summed E-state index contributed by atoms with van der Waals surface area (Å²) in [5.74, 6) is 0. The van der Waals surface area contributed by atoms with Crippen LogP contribution in [0.4, 0.5) is 4.79 Å². The first-order valence-electron chi connectivity index (χ1n) is 7.77. The number of alkyl carbamates (subject to hydrolysis) is 1. The smallest absolute Gasteiger partial charge is 0.407 e. The Morgan fingerprint density at radius 3 is 2.41 bits per heavy atom. The first kappa shape index (κ1) is 18.8. The number of hydrogen-bond acceptors (Lipinski definition) is 3. The maximum atomic E-state index is 11.6. The van der Waals surface area contributed by atoms with Gasteiger partial charge in [0.25, 0.3) is 0 Å². The third-order valence-corrected chi connectivity index (χ3v) is 3.29. The van der Waals surface area contributed by atoms with Gasteiger partial charge in [-0.25, -0.2) is 4.79 Å². The third-order valence-electron chi connectivity index (χ3n) is 3.03. The maximum absolute atomic E-state index is 11.6. The van der Waals surface area contributed by atoms with E-state index in [1.165, 1.54) is 5.56 Å². The van der Waals surface area contributed by atoms with Gasteiger partial charge < -0.3 is 15.4 Å². The van der Waals surface area contributed by atoms with Gasteiger partial charge in [-0.1, -0.05) is 37.1 Å². The van der Waals surface area contributed by atoms with Crippen LogP contribution in [-0.2, 0) is 4.74 Å². The van der Waals surface area contributed by atoms with Crippen LogP contribution in [0.25, 0.3) is 0 Å². The molecule has 0 spiro atoms. The molecule has 5 heteroatoms. The van der Waals surface area contributed by atoms with Crippen molar-refractivity contribution in [1.82, 2.24) is 10.6 Å². The van der Waals surface area contributed by atoms with Gasteiger partial charge in [0.2, 0.25) is 0 Å². The van der Waals surface area contributed by atoms with Crippen molar-refractivity contribution in [2.45, 2.75) is 52.2 Å². The van der Waals surface area contributed by atoms with E-state index in [-0.39, 0.29) is 12.1 Å². The van der Waals surface area contributed by atoms with Gasteiger partial charge in [0.15, 0.2) is 0 Å². The quantitative estimate of drug-likeness (QED) is 0.735. The summed E-state index contributed by atoms with van der Waals surface area (Å²) >= 11 is 5.93. The minimum atomic E-state index is -0.467. The van der Waals surface area contributed by atoms with Crippen LogP contribution >= 0.6 is 11.6 Å². The lowest BCUT2D eigenvalue weighted by molar-refractivity contribution is 0.0528. The van der Waals surface area contributed by atoms with Gasteiger partial charge in [-0.05, 0) is 44.9 Å². The second kappa shape index (κ2) is 9.01. The van der Waals surface area contributed by atoms with Gasteiger partial charge in [0.05, 0.1) is 0 Å². The zero-order chi connectivity index (χ0) is 16.6. The molecule has 124 valence electrons. The van der Waals surface area contributed by atoms with Crippen LogP contribution in [0.5, 0.6) is 0 Å². The number of carbonyl (C=O) groups excluding carboxylic acids is 1. The van der Waals surface area contributed by atoms with Crippen LogP contribution < -0.4 is 10.6 Å². The van der Waals surface area contributed by atoms with E-state index in [0.717, 1.165) is 17.9 Å². The molecule has 1 unspecified atom stereocenters. The van der Waals surface area contributed by atoms with Crippen molar-refractivity contribution >= 4 is 17.7 Å². The minimum absolute atomic E-state index is 0.266. The summed E-state index contributed by atoms with van der Waals surface area (Å²) in [6, 6.07) is 8.15. The zero-order valence-electron chi connectivity index (χ0n) is 13.9. The fourth-order valence-electron chi connectivity index (χ4n) is 2.10. The molecule has 0 radical (unpaired) electrons. The first-order chi connectivity index (χ1) is 10.3. The Balaban J connectivity index is 2.39. The van der Waals surface area contributed by atoms with Crippen LogP contribution in [0.1, 0.15) is 52.1 Å². The summed E-state index contributed by atoms with van der Waals surface area (Å²) in [6.07, 6.45) is 1.74. The first-order valence-corrected chi connectivity index (χ1v) is 8.15. The van der Waals surface area contributed by atoms with E-state index in [0.29, 0.717) is 13.1 Å². The summed E-state index contributed by atoms with van der Waals surface area (Å²) < 4.78 is 5.20. The summed E-state index contributed by atoms with van der Waals surface area (Å²) in [7, 11) is 0. The largest absolute Gasteiger partial charge is 0.444 e. The summed E-state index contributed by atoms with van der Waals surface area (Å²) in [6.45, 7) is 8.92. The summed E-state index contributed by atoms with van der Waals surface area (Å²) in [5.41, 5.74) is 0.745. The summed E-state index contributed by atoms with van der Waals surface area (Å²) in [5, 5.41) is 6.96. The Hall–Kier alpha value is -1.26. The molecule has 0 aromatic heterocycles. The molecule has 0 aliphatic rings. The lowest BCUT2D eigenvalue weighted by Gasteiger charge is -2.21. The normalized spacial score (nSPS) is 12.8. The molecule has 1 aromatic carbocycles. The second-order valence-electron chi connectivity index (χ2n) is 6.28. The molecule has 0 fully saturated rings. The van der Waals surface area contributed by atoms with Gasteiger partial charge in [-0.2, -0.15) is 0 Å². The standard InChI is InChI=1S/C17H27ClN2O2/c1-5-6-15(13-7-9-14(18)10-8-13)19-11-12-20-16(21)22-17(2,3)4/h7-10,15,19H,5-6,11-12H2,1-4H3,(H,20,21). The highest BCUT2D eigenvalue weighted by Gasteiger charge is 2.15. The number of benzene rings is 1. The van der Waals surface area contributed by atoms with Crippen LogP contribution in [0, 0.1) is 0 Å². The van der Waals surface area contributed by atoms with E-state index >= 15 is 0 Å². The van der Waals surface area contributed by atoms with Crippen LogP contribution in [0.15, 0.2) is 24.3 Å². The predicted octanol–water partition coefficient (Wildman–Crippen LogP) is 4.30. The van der Waals surface area contributed by atoms with Gasteiger partial charge in [-0.15, -0.1) is 0 Å². The molecule has 1 amide bonds. The Bertz CT molecular complexity index is 455. The number of halogens is 1. The molecule has 0 saturated heterocycles. The van der Waals surface area contributed by atoms with Crippen molar-refractivity contribution in [1.29, 1.82) is 0 Å².